The number of nitrogens with one attached hydrogen (secondary N) is 1. The van der Waals surface area contributed by atoms with Crippen molar-refractivity contribution in [1.82, 2.24) is 4.90 Å². The smallest absolute Gasteiger partial charge is 0.416 e. The van der Waals surface area contributed by atoms with Gasteiger partial charge in [0, 0.05) is 37.0 Å². The zero-order valence-electron chi connectivity index (χ0n) is 16.8. The number of hydrogen-bond donors (Lipinski definition) is 1. The van der Waals surface area contributed by atoms with Crippen LogP contribution in [-0.4, -0.2) is 56.0 Å². The van der Waals surface area contributed by atoms with E-state index < -0.39 is 23.4 Å². The standard InChI is InChI=1S/C22H23F3N2O4/c23-22(24,25)17-7-5-16(6-8-17)20(28)21(29)26-18-3-1-4-19(15-18)31-12-2-9-27-10-13-30-14-11-27/h1,3-8,15H,2,9-14H2,(H,26,29). The fraction of sp³-hybridized carbons (Fsp3) is 0.364. The van der Waals surface area contributed by atoms with E-state index in [1.807, 2.05) is 0 Å². The number of Topliss-reactive ketones (excluding diaryl/α,β-unsaturated/α-hetero) is 1. The maximum Gasteiger partial charge on any atom is 0.416 e. The minimum atomic E-state index is -4.51. The topological polar surface area (TPSA) is 67.9 Å². The van der Waals surface area contributed by atoms with Crippen LogP contribution in [-0.2, 0) is 15.7 Å². The fourth-order valence-corrected chi connectivity index (χ4v) is 3.10. The molecule has 0 spiro atoms. The Bertz CT molecular complexity index is 894. The quantitative estimate of drug-likeness (QED) is 0.389. The first-order chi connectivity index (χ1) is 14.8. The molecule has 6 nitrogen and oxygen atoms in total. The summed E-state index contributed by atoms with van der Waals surface area (Å²) in [5.74, 6) is -1.32. The molecule has 0 atom stereocenters. The first-order valence-electron chi connectivity index (χ1n) is 9.89. The van der Waals surface area contributed by atoms with Gasteiger partial charge in [0.25, 0.3) is 11.7 Å². The largest absolute Gasteiger partial charge is 0.493 e. The monoisotopic (exact) mass is 436 g/mol. The Morgan fingerprint density at radius 1 is 1.06 bits per heavy atom. The number of rotatable bonds is 8. The van der Waals surface area contributed by atoms with Gasteiger partial charge >= 0.3 is 6.18 Å². The van der Waals surface area contributed by atoms with Crippen LogP contribution in [0.4, 0.5) is 18.9 Å². The van der Waals surface area contributed by atoms with Gasteiger partial charge in [-0.3, -0.25) is 14.5 Å². The number of nitrogens with zero attached hydrogens (tertiary/aromatic N) is 1. The van der Waals surface area contributed by atoms with Crippen LogP contribution in [0, 0.1) is 0 Å². The van der Waals surface area contributed by atoms with E-state index in [2.05, 4.69) is 10.2 Å². The molecule has 1 amide bonds. The van der Waals surface area contributed by atoms with Crippen LogP contribution in [0.1, 0.15) is 22.3 Å². The van der Waals surface area contributed by atoms with Crippen LogP contribution in [0.2, 0.25) is 0 Å². The van der Waals surface area contributed by atoms with Crippen LogP contribution in [0.25, 0.3) is 0 Å². The molecule has 0 radical (unpaired) electrons. The van der Waals surface area contributed by atoms with Crippen molar-refractivity contribution in [1.29, 1.82) is 0 Å². The third-order valence-corrected chi connectivity index (χ3v) is 4.76. The summed E-state index contributed by atoms with van der Waals surface area (Å²) in [5, 5.41) is 2.45. The average Bonchev–Trinajstić information content (AvgIpc) is 2.77. The molecule has 0 aromatic heterocycles. The van der Waals surface area contributed by atoms with Crippen molar-refractivity contribution in [3.63, 3.8) is 0 Å². The van der Waals surface area contributed by atoms with Crippen molar-refractivity contribution in [2.24, 2.45) is 0 Å². The van der Waals surface area contributed by atoms with Crippen LogP contribution >= 0.6 is 0 Å². The van der Waals surface area contributed by atoms with E-state index in [0.29, 0.717) is 18.0 Å². The molecule has 1 aliphatic rings. The molecule has 0 unspecified atom stereocenters. The van der Waals surface area contributed by atoms with E-state index in [1.165, 1.54) is 0 Å². The van der Waals surface area contributed by atoms with Gasteiger partial charge in [-0.2, -0.15) is 13.2 Å². The molecule has 1 fully saturated rings. The van der Waals surface area contributed by atoms with Gasteiger partial charge in [0.15, 0.2) is 0 Å². The van der Waals surface area contributed by atoms with Crippen molar-refractivity contribution >= 4 is 17.4 Å². The second-order valence-corrected chi connectivity index (χ2v) is 7.04. The summed E-state index contributed by atoms with van der Waals surface area (Å²) < 4.78 is 48.9. The molecule has 2 aromatic carbocycles. The molecule has 1 heterocycles. The predicted molar refractivity (Wildman–Crippen MR) is 108 cm³/mol. The highest BCUT2D eigenvalue weighted by Gasteiger charge is 2.30. The highest BCUT2D eigenvalue weighted by atomic mass is 19.4. The summed E-state index contributed by atoms with van der Waals surface area (Å²) in [7, 11) is 0. The van der Waals surface area contributed by atoms with Crippen LogP contribution in [0.5, 0.6) is 5.75 Å². The zero-order valence-corrected chi connectivity index (χ0v) is 16.8. The molecule has 1 N–H and O–H groups in total. The highest BCUT2D eigenvalue weighted by Crippen LogP contribution is 2.29. The van der Waals surface area contributed by atoms with E-state index in [-0.39, 0.29) is 5.56 Å². The van der Waals surface area contributed by atoms with Gasteiger partial charge in [-0.1, -0.05) is 18.2 Å². The number of ketones is 1. The molecule has 1 saturated heterocycles. The van der Waals surface area contributed by atoms with Crippen molar-refractivity contribution in [3.8, 4) is 5.75 Å². The minimum absolute atomic E-state index is 0.124. The maximum absolute atomic E-state index is 12.6. The van der Waals surface area contributed by atoms with E-state index in [1.54, 1.807) is 24.3 Å². The third-order valence-electron chi connectivity index (χ3n) is 4.76. The third kappa shape index (κ3) is 6.80. The maximum atomic E-state index is 12.6. The number of morpholine rings is 1. The second-order valence-electron chi connectivity index (χ2n) is 7.04. The number of benzene rings is 2. The lowest BCUT2D eigenvalue weighted by Crippen LogP contribution is -2.37. The van der Waals surface area contributed by atoms with Gasteiger partial charge in [0.2, 0.25) is 0 Å². The summed E-state index contributed by atoms with van der Waals surface area (Å²) >= 11 is 0. The number of hydrogen-bond acceptors (Lipinski definition) is 5. The molecule has 0 aliphatic carbocycles. The second kappa shape index (κ2) is 10.4. The molecule has 0 saturated carbocycles. The first kappa shape index (κ1) is 22.8. The summed E-state index contributed by atoms with van der Waals surface area (Å²) in [5.41, 5.74) is -0.653. The lowest BCUT2D eigenvalue weighted by molar-refractivity contribution is -0.137. The number of carbonyl (C=O) groups is 2. The number of ether oxygens (including phenoxy) is 2. The molecule has 31 heavy (non-hydrogen) atoms. The van der Waals surface area contributed by atoms with E-state index in [0.717, 1.165) is 63.5 Å². The van der Waals surface area contributed by atoms with E-state index in [9.17, 15) is 22.8 Å². The Morgan fingerprint density at radius 2 is 1.77 bits per heavy atom. The molecule has 9 heteroatoms. The number of anilines is 1. The normalized spacial score (nSPS) is 14.8. The van der Waals surface area contributed by atoms with Crippen molar-refractivity contribution in [2.45, 2.75) is 12.6 Å². The number of halogens is 3. The molecular formula is C22H23F3N2O4. The Labute approximate surface area is 177 Å². The van der Waals surface area contributed by atoms with Crippen molar-refractivity contribution in [3.05, 3.63) is 59.7 Å². The Kier molecular flexibility index (Phi) is 7.64. The highest BCUT2D eigenvalue weighted by molar-refractivity contribution is 6.46. The van der Waals surface area contributed by atoms with Gasteiger partial charge < -0.3 is 14.8 Å². The summed E-state index contributed by atoms with van der Waals surface area (Å²) in [6.07, 6.45) is -3.67. The first-order valence-corrected chi connectivity index (χ1v) is 9.89. The zero-order chi connectivity index (χ0) is 22.3. The Hall–Kier alpha value is -2.91. The number of amides is 1. The van der Waals surface area contributed by atoms with Gasteiger partial charge in [0.1, 0.15) is 5.75 Å². The molecule has 1 aliphatic heterocycles. The molecule has 2 aromatic rings. The Morgan fingerprint density at radius 3 is 2.45 bits per heavy atom. The molecule has 0 bridgehead atoms. The van der Waals surface area contributed by atoms with Gasteiger partial charge in [-0.05, 0) is 30.7 Å². The lowest BCUT2D eigenvalue weighted by atomic mass is 10.1. The SMILES string of the molecule is O=C(Nc1cccc(OCCCN2CCOCC2)c1)C(=O)c1ccc(C(F)(F)F)cc1. The van der Waals surface area contributed by atoms with Gasteiger partial charge in [-0.15, -0.1) is 0 Å². The number of alkyl halides is 3. The molecular weight excluding hydrogens is 413 g/mol. The average molecular weight is 436 g/mol. The Balaban J connectivity index is 1.50. The fourth-order valence-electron chi connectivity index (χ4n) is 3.10. The lowest BCUT2D eigenvalue weighted by Gasteiger charge is -2.26. The van der Waals surface area contributed by atoms with E-state index >= 15 is 0 Å². The van der Waals surface area contributed by atoms with Crippen LogP contribution in [0.15, 0.2) is 48.5 Å². The van der Waals surface area contributed by atoms with Crippen LogP contribution < -0.4 is 10.1 Å². The summed E-state index contributed by atoms with van der Waals surface area (Å²) in [6, 6.07) is 10.1. The van der Waals surface area contributed by atoms with Gasteiger partial charge in [-0.25, -0.2) is 0 Å². The van der Waals surface area contributed by atoms with Gasteiger partial charge in [0.05, 0.1) is 25.4 Å². The minimum Gasteiger partial charge on any atom is -0.493 e. The molecule has 3 rings (SSSR count). The van der Waals surface area contributed by atoms with Crippen molar-refractivity contribution in [2.75, 3.05) is 44.8 Å². The summed E-state index contributed by atoms with van der Waals surface area (Å²) in [6.45, 7) is 4.71. The van der Waals surface area contributed by atoms with E-state index in [4.69, 9.17) is 9.47 Å². The van der Waals surface area contributed by atoms with Crippen molar-refractivity contribution < 1.29 is 32.2 Å². The summed E-state index contributed by atoms with van der Waals surface area (Å²) in [4.78, 5) is 26.7. The number of carbonyl (C=O) groups excluding carboxylic acids is 2. The van der Waals surface area contributed by atoms with Crippen LogP contribution in [0.3, 0.4) is 0 Å². The predicted octanol–water partition coefficient (Wildman–Crippen LogP) is 3.63. The molecule has 166 valence electrons.